The molecule has 1 heterocycles. The summed E-state index contributed by atoms with van der Waals surface area (Å²) in [6, 6.07) is 1.92. The van der Waals surface area contributed by atoms with Crippen molar-refractivity contribution in [2.24, 2.45) is 7.05 Å². The summed E-state index contributed by atoms with van der Waals surface area (Å²) in [7, 11) is 1.89. The summed E-state index contributed by atoms with van der Waals surface area (Å²) in [5, 5.41) is 7.11. The molecule has 0 aliphatic carbocycles. The standard InChI is InChI=1S/C7H11N3/c1-3-5-8-7-4-6-9-10(7)2/h3-4,6,8H,1,5H2,2H3. The molecule has 0 aromatic carbocycles. The topological polar surface area (TPSA) is 29.9 Å². The smallest absolute Gasteiger partial charge is 0.124 e. The molecule has 0 amide bonds. The van der Waals surface area contributed by atoms with Crippen molar-refractivity contribution >= 4 is 5.82 Å². The van der Waals surface area contributed by atoms with Crippen LogP contribution >= 0.6 is 0 Å². The van der Waals surface area contributed by atoms with Crippen molar-refractivity contribution in [3.63, 3.8) is 0 Å². The number of anilines is 1. The number of hydrogen-bond donors (Lipinski definition) is 1. The van der Waals surface area contributed by atoms with Crippen LogP contribution in [0.15, 0.2) is 24.9 Å². The van der Waals surface area contributed by atoms with Crippen LogP contribution in [0, 0.1) is 0 Å². The average Bonchev–Trinajstić information content (AvgIpc) is 2.31. The van der Waals surface area contributed by atoms with Gasteiger partial charge in [0.05, 0.1) is 6.20 Å². The van der Waals surface area contributed by atoms with Gasteiger partial charge in [0.2, 0.25) is 0 Å². The fourth-order valence-electron chi connectivity index (χ4n) is 0.724. The summed E-state index contributed by atoms with van der Waals surface area (Å²) < 4.78 is 1.78. The maximum atomic E-state index is 3.99. The lowest BCUT2D eigenvalue weighted by Gasteiger charge is -2.01. The minimum Gasteiger partial charge on any atom is -0.367 e. The summed E-state index contributed by atoms with van der Waals surface area (Å²) in [4.78, 5) is 0. The van der Waals surface area contributed by atoms with Crippen LogP contribution in [0.25, 0.3) is 0 Å². The van der Waals surface area contributed by atoms with Gasteiger partial charge >= 0.3 is 0 Å². The van der Waals surface area contributed by atoms with Crippen LogP contribution in [-0.4, -0.2) is 16.3 Å². The Hall–Kier alpha value is -1.25. The maximum Gasteiger partial charge on any atom is 0.124 e. The van der Waals surface area contributed by atoms with Crippen molar-refractivity contribution < 1.29 is 0 Å². The number of aromatic nitrogens is 2. The van der Waals surface area contributed by atoms with Crippen molar-refractivity contribution in [1.29, 1.82) is 0 Å². The Kier molecular flexibility index (Phi) is 2.10. The van der Waals surface area contributed by atoms with E-state index in [1.807, 2.05) is 19.2 Å². The zero-order valence-corrected chi connectivity index (χ0v) is 6.04. The predicted octanol–water partition coefficient (Wildman–Crippen LogP) is 1.02. The Morgan fingerprint density at radius 3 is 3.20 bits per heavy atom. The first-order chi connectivity index (χ1) is 4.84. The van der Waals surface area contributed by atoms with E-state index in [2.05, 4.69) is 17.0 Å². The van der Waals surface area contributed by atoms with E-state index in [-0.39, 0.29) is 0 Å². The molecule has 1 aromatic heterocycles. The van der Waals surface area contributed by atoms with Crippen LogP contribution in [0.2, 0.25) is 0 Å². The third-order valence-electron chi connectivity index (χ3n) is 1.25. The van der Waals surface area contributed by atoms with E-state index in [4.69, 9.17) is 0 Å². The molecule has 0 bridgehead atoms. The Labute approximate surface area is 60.4 Å². The minimum atomic E-state index is 0.777. The van der Waals surface area contributed by atoms with Crippen molar-refractivity contribution in [2.45, 2.75) is 0 Å². The van der Waals surface area contributed by atoms with E-state index < -0.39 is 0 Å². The van der Waals surface area contributed by atoms with Crippen molar-refractivity contribution in [3.05, 3.63) is 24.9 Å². The zero-order chi connectivity index (χ0) is 7.40. The van der Waals surface area contributed by atoms with E-state index in [0.29, 0.717) is 0 Å². The summed E-state index contributed by atoms with van der Waals surface area (Å²) in [5.74, 6) is 1.01. The van der Waals surface area contributed by atoms with Crippen LogP contribution in [0.1, 0.15) is 0 Å². The third kappa shape index (κ3) is 1.37. The van der Waals surface area contributed by atoms with E-state index in [1.165, 1.54) is 0 Å². The quantitative estimate of drug-likeness (QED) is 0.630. The molecule has 0 aliphatic heterocycles. The molecule has 1 rings (SSSR count). The lowest BCUT2D eigenvalue weighted by molar-refractivity contribution is 0.772. The normalized spacial score (nSPS) is 9.30. The zero-order valence-electron chi connectivity index (χ0n) is 6.04. The molecular weight excluding hydrogens is 126 g/mol. The van der Waals surface area contributed by atoms with Crippen molar-refractivity contribution in [3.8, 4) is 0 Å². The number of aryl methyl sites for hydroxylation is 1. The summed E-state index contributed by atoms with van der Waals surface area (Å²) >= 11 is 0. The Balaban J connectivity index is 2.56. The fourth-order valence-corrected chi connectivity index (χ4v) is 0.724. The van der Waals surface area contributed by atoms with Gasteiger partial charge in [0.1, 0.15) is 5.82 Å². The van der Waals surface area contributed by atoms with Gasteiger partial charge in [-0.15, -0.1) is 6.58 Å². The summed E-state index contributed by atoms with van der Waals surface area (Å²) in [6.45, 7) is 4.37. The SMILES string of the molecule is C=CCNc1ccnn1C. The number of rotatable bonds is 3. The van der Waals surface area contributed by atoms with Gasteiger partial charge in [-0.1, -0.05) is 6.08 Å². The Morgan fingerprint density at radius 2 is 2.70 bits per heavy atom. The molecule has 0 spiro atoms. The number of nitrogens with zero attached hydrogens (tertiary/aromatic N) is 2. The molecule has 0 aliphatic rings. The second-order valence-electron chi connectivity index (χ2n) is 2.01. The molecule has 0 saturated carbocycles. The first-order valence-corrected chi connectivity index (χ1v) is 3.17. The predicted molar refractivity (Wildman–Crippen MR) is 41.9 cm³/mol. The van der Waals surface area contributed by atoms with Crippen LogP contribution < -0.4 is 5.32 Å². The molecular formula is C7H11N3. The number of hydrogen-bond acceptors (Lipinski definition) is 2. The lowest BCUT2D eigenvalue weighted by Crippen LogP contribution is -2.03. The monoisotopic (exact) mass is 137 g/mol. The van der Waals surface area contributed by atoms with Crippen molar-refractivity contribution in [1.82, 2.24) is 9.78 Å². The van der Waals surface area contributed by atoms with Gasteiger partial charge in [0.25, 0.3) is 0 Å². The van der Waals surface area contributed by atoms with E-state index in [1.54, 1.807) is 10.9 Å². The molecule has 0 radical (unpaired) electrons. The molecule has 1 N–H and O–H groups in total. The van der Waals surface area contributed by atoms with E-state index in [0.717, 1.165) is 12.4 Å². The largest absolute Gasteiger partial charge is 0.367 e. The van der Waals surface area contributed by atoms with Gasteiger partial charge < -0.3 is 5.32 Å². The lowest BCUT2D eigenvalue weighted by atomic mass is 10.5. The first-order valence-electron chi connectivity index (χ1n) is 3.17. The first kappa shape index (κ1) is 6.86. The Morgan fingerprint density at radius 1 is 1.90 bits per heavy atom. The summed E-state index contributed by atoms with van der Waals surface area (Å²) in [5.41, 5.74) is 0. The third-order valence-corrected chi connectivity index (χ3v) is 1.25. The second-order valence-corrected chi connectivity index (χ2v) is 2.01. The fraction of sp³-hybridized carbons (Fsp3) is 0.286. The highest BCUT2D eigenvalue weighted by molar-refractivity contribution is 5.33. The molecule has 0 unspecified atom stereocenters. The van der Waals surface area contributed by atoms with Crippen LogP contribution in [0.3, 0.4) is 0 Å². The number of nitrogens with one attached hydrogen (secondary N) is 1. The van der Waals surface area contributed by atoms with Gasteiger partial charge in [-0.25, -0.2) is 0 Å². The second kappa shape index (κ2) is 3.06. The van der Waals surface area contributed by atoms with Crippen LogP contribution in [0.5, 0.6) is 0 Å². The molecule has 54 valence electrons. The Bertz CT molecular complexity index is 214. The highest BCUT2D eigenvalue weighted by Gasteiger charge is 1.92. The molecule has 10 heavy (non-hydrogen) atoms. The van der Waals surface area contributed by atoms with Gasteiger partial charge in [-0.3, -0.25) is 4.68 Å². The highest BCUT2D eigenvalue weighted by Crippen LogP contribution is 2.01. The summed E-state index contributed by atoms with van der Waals surface area (Å²) in [6.07, 6.45) is 3.57. The molecule has 3 heteroatoms. The van der Waals surface area contributed by atoms with Crippen molar-refractivity contribution in [2.75, 3.05) is 11.9 Å². The molecule has 3 nitrogen and oxygen atoms in total. The average molecular weight is 137 g/mol. The van der Waals surface area contributed by atoms with Gasteiger partial charge in [0, 0.05) is 19.7 Å². The molecule has 0 saturated heterocycles. The van der Waals surface area contributed by atoms with Crippen LogP contribution in [0.4, 0.5) is 5.82 Å². The maximum absolute atomic E-state index is 3.99. The molecule has 0 fully saturated rings. The van der Waals surface area contributed by atoms with E-state index in [9.17, 15) is 0 Å². The molecule has 1 aromatic rings. The van der Waals surface area contributed by atoms with Gasteiger partial charge in [-0.05, 0) is 0 Å². The van der Waals surface area contributed by atoms with E-state index >= 15 is 0 Å². The van der Waals surface area contributed by atoms with Gasteiger partial charge in [-0.2, -0.15) is 5.10 Å². The molecule has 0 atom stereocenters. The highest BCUT2D eigenvalue weighted by atomic mass is 15.3. The minimum absolute atomic E-state index is 0.777. The van der Waals surface area contributed by atoms with Crippen LogP contribution in [-0.2, 0) is 7.05 Å². The van der Waals surface area contributed by atoms with Gasteiger partial charge in [0.15, 0.2) is 0 Å².